The highest BCUT2D eigenvalue weighted by Crippen LogP contribution is 2.49. The number of rotatable bonds is 5. The fraction of sp³-hybridized carbons (Fsp3) is 0.348. The van der Waals surface area contributed by atoms with Crippen LogP contribution in [-0.4, -0.2) is 41.8 Å². The maximum Gasteiger partial charge on any atom is 0.242 e. The van der Waals surface area contributed by atoms with Gasteiger partial charge in [0.15, 0.2) is 0 Å². The molecule has 2 N–H and O–H groups in total. The van der Waals surface area contributed by atoms with Gasteiger partial charge < -0.3 is 15.5 Å². The maximum absolute atomic E-state index is 13.2. The highest BCUT2D eigenvalue weighted by atomic mass is 16.2. The molecule has 2 aromatic carbocycles. The Kier molecular flexibility index (Phi) is 5.09. The number of para-hydroxylation sites is 1. The van der Waals surface area contributed by atoms with E-state index < -0.39 is 5.41 Å². The van der Waals surface area contributed by atoms with Crippen LogP contribution in [0.4, 0.5) is 5.69 Å². The highest BCUT2D eigenvalue weighted by Gasteiger charge is 2.58. The van der Waals surface area contributed by atoms with Crippen LogP contribution in [-0.2, 0) is 26.2 Å². The lowest BCUT2D eigenvalue weighted by atomic mass is 9.73. The van der Waals surface area contributed by atoms with E-state index in [0.29, 0.717) is 19.4 Å². The van der Waals surface area contributed by atoms with Crippen LogP contribution < -0.4 is 10.6 Å². The van der Waals surface area contributed by atoms with E-state index in [2.05, 4.69) is 22.8 Å². The molecule has 1 spiro atoms. The number of carbonyl (C=O) groups is 3. The summed E-state index contributed by atoms with van der Waals surface area (Å²) < 4.78 is 0. The summed E-state index contributed by atoms with van der Waals surface area (Å²) in [4.78, 5) is 39.2. The van der Waals surface area contributed by atoms with Gasteiger partial charge in [-0.1, -0.05) is 48.5 Å². The van der Waals surface area contributed by atoms with Gasteiger partial charge in [-0.25, -0.2) is 0 Å². The minimum atomic E-state index is -0.739. The molecule has 2 aromatic rings. The Labute approximate surface area is 170 Å². The molecule has 0 aromatic heterocycles. The number of nitrogens with one attached hydrogen (secondary N) is 2. The van der Waals surface area contributed by atoms with Gasteiger partial charge in [-0.2, -0.15) is 0 Å². The second-order valence-electron chi connectivity index (χ2n) is 7.76. The van der Waals surface area contributed by atoms with Gasteiger partial charge >= 0.3 is 0 Å². The molecule has 3 amide bonds. The molecule has 2 atom stereocenters. The molecule has 4 rings (SSSR count). The van der Waals surface area contributed by atoms with Gasteiger partial charge in [-0.05, 0) is 36.5 Å². The van der Waals surface area contributed by atoms with Crippen LogP contribution >= 0.6 is 0 Å². The van der Waals surface area contributed by atoms with E-state index in [1.165, 1.54) is 12.5 Å². The first-order chi connectivity index (χ1) is 14.0. The Hall–Kier alpha value is -3.15. The number of carbonyl (C=O) groups excluding carboxylic acids is 3. The lowest BCUT2D eigenvalue weighted by molar-refractivity contribution is -0.134. The summed E-state index contributed by atoms with van der Waals surface area (Å²) in [5.74, 6) is -0.420. The third-order valence-corrected chi connectivity index (χ3v) is 6.11. The number of benzene rings is 2. The summed E-state index contributed by atoms with van der Waals surface area (Å²) in [6.07, 6.45) is 2.03. The molecule has 2 heterocycles. The number of amides is 3. The molecule has 29 heavy (non-hydrogen) atoms. The van der Waals surface area contributed by atoms with Gasteiger partial charge in [-0.15, -0.1) is 0 Å². The SMILES string of the molecule is CC(=O)NCC(=O)N1CC[C@@]2(C(=O)Nc3ccccc32)[C@@H]1CCc1ccccc1. The first-order valence-corrected chi connectivity index (χ1v) is 10.0. The zero-order valence-electron chi connectivity index (χ0n) is 16.5. The van der Waals surface area contributed by atoms with Crippen LogP contribution in [0.15, 0.2) is 54.6 Å². The molecule has 6 heteroatoms. The van der Waals surface area contributed by atoms with Crippen molar-refractivity contribution in [2.75, 3.05) is 18.4 Å². The topological polar surface area (TPSA) is 78.5 Å². The Morgan fingerprint density at radius 2 is 1.86 bits per heavy atom. The van der Waals surface area contributed by atoms with Crippen LogP contribution in [0.1, 0.15) is 30.9 Å². The number of likely N-dealkylation sites (tertiary alicyclic amines) is 1. The zero-order valence-corrected chi connectivity index (χ0v) is 16.5. The lowest BCUT2D eigenvalue weighted by Gasteiger charge is -2.34. The van der Waals surface area contributed by atoms with E-state index >= 15 is 0 Å². The Bertz CT molecular complexity index is 943. The van der Waals surface area contributed by atoms with Crippen LogP contribution in [0, 0.1) is 0 Å². The molecule has 0 radical (unpaired) electrons. The molecule has 1 fully saturated rings. The van der Waals surface area contributed by atoms with Crippen molar-refractivity contribution >= 4 is 23.4 Å². The predicted molar refractivity (Wildman–Crippen MR) is 110 cm³/mol. The number of hydrogen-bond donors (Lipinski definition) is 2. The summed E-state index contributed by atoms with van der Waals surface area (Å²) in [6.45, 7) is 1.85. The third-order valence-electron chi connectivity index (χ3n) is 6.11. The van der Waals surface area contributed by atoms with Crippen molar-refractivity contribution < 1.29 is 14.4 Å². The number of aryl methyl sites for hydroxylation is 1. The molecule has 150 valence electrons. The fourth-order valence-corrected chi connectivity index (χ4v) is 4.75. The van der Waals surface area contributed by atoms with Crippen LogP contribution in [0.25, 0.3) is 0 Å². The number of anilines is 1. The van der Waals surface area contributed by atoms with Crippen LogP contribution in [0.3, 0.4) is 0 Å². The van der Waals surface area contributed by atoms with Gasteiger partial charge in [0.1, 0.15) is 0 Å². The number of nitrogens with zero attached hydrogens (tertiary/aromatic N) is 1. The smallest absolute Gasteiger partial charge is 0.242 e. The third kappa shape index (κ3) is 3.39. The van der Waals surface area contributed by atoms with Crippen molar-refractivity contribution in [3.63, 3.8) is 0 Å². The molecule has 0 bridgehead atoms. The summed E-state index contributed by atoms with van der Waals surface area (Å²) >= 11 is 0. The minimum absolute atomic E-state index is 0.0356. The molecule has 0 aliphatic carbocycles. The summed E-state index contributed by atoms with van der Waals surface area (Å²) in [7, 11) is 0. The van der Waals surface area contributed by atoms with E-state index in [1.807, 2.05) is 42.5 Å². The largest absolute Gasteiger partial charge is 0.347 e. The first kappa shape index (κ1) is 19.2. The highest BCUT2D eigenvalue weighted by molar-refractivity contribution is 6.07. The second-order valence-corrected chi connectivity index (χ2v) is 7.76. The molecule has 0 unspecified atom stereocenters. The van der Waals surface area contributed by atoms with Crippen LogP contribution in [0.5, 0.6) is 0 Å². The molecular formula is C23H25N3O3. The standard InChI is InChI=1S/C23H25N3O3/c1-16(27)24-15-21(28)26-14-13-23(18-9-5-6-10-19(18)25-22(23)29)20(26)12-11-17-7-3-2-4-8-17/h2-10,20H,11-15H2,1H3,(H,24,27)(H,25,29)/t20-,23-/m0/s1. The van der Waals surface area contributed by atoms with Crippen molar-refractivity contribution in [3.8, 4) is 0 Å². The van der Waals surface area contributed by atoms with Crippen molar-refractivity contribution in [3.05, 3.63) is 65.7 Å². The second kappa shape index (κ2) is 7.70. The predicted octanol–water partition coefficient (Wildman–Crippen LogP) is 2.25. The van der Waals surface area contributed by atoms with Gasteiger partial charge in [-0.3, -0.25) is 14.4 Å². The Morgan fingerprint density at radius 1 is 1.14 bits per heavy atom. The Morgan fingerprint density at radius 3 is 2.62 bits per heavy atom. The van der Waals surface area contributed by atoms with Crippen molar-refractivity contribution in [1.29, 1.82) is 0 Å². The van der Waals surface area contributed by atoms with Crippen molar-refractivity contribution in [1.82, 2.24) is 10.2 Å². The molecular weight excluding hydrogens is 366 g/mol. The Balaban J connectivity index is 1.66. The molecule has 2 aliphatic heterocycles. The van der Waals surface area contributed by atoms with Crippen molar-refractivity contribution in [2.45, 2.75) is 37.6 Å². The first-order valence-electron chi connectivity index (χ1n) is 10.0. The molecule has 0 saturated carbocycles. The van der Waals surface area contributed by atoms with E-state index in [0.717, 1.165) is 17.7 Å². The maximum atomic E-state index is 13.2. The number of fused-ring (bicyclic) bond motifs is 2. The minimum Gasteiger partial charge on any atom is -0.347 e. The van der Waals surface area contributed by atoms with Gasteiger partial charge in [0.2, 0.25) is 17.7 Å². The normalized spacial score (nSPS) is 22.4. The lowest BCUT2D eigenvalue weighted by Crippen LogP contribution is -2.50. The summed E-state index contributed by atoms with van der Waals surface area (Å²) in [5, 5.41) is 5.62. The number of hydrogen-bond acceptors (Lipinski definition) is 3. The van der Waals surface area contributed by atoms with E-state index in [-0.39, 0.29) is 30.3 Å². The summed E-state index contributed by atoms with van der Waals surface area (Å²) in [6, 6.07) is 17.6. The van der Waals surface area contributed by atoms with Crippen LogP contribution in [0.2, 0.25) is 0 Å². The van der Waals surface area contributed by atoms with Crippen molar-refractivity contribution in [2.24, 2.45) is 0 Å². The average molecular weight is 391 g/mol. The molecule has 6 nitrogen and oxygen atoms in total. The summed E-state index contributed by atoms with van der Waals surface area (Å²) in [5.41, 5.74) is 2.24. The van der Waals surface area contributed by atoms with Gasteiger partial charge in [0.25, 0.3) is 0 Å². The van der Waals surface area contributed by atoms with E-state index in [4.69, 9.17) is 0 Å². The zero-order chi connectivity index (χ0) is 20.4. The fourth-order valence-electron chi connectivity index (χ4n) is 4.75. The van der Waals surface area contributed by atoms with Gasteiger partial charge in [0, 0.05) is 19.2 Å². The molecule has 1 saturated heterocycles. The average Bonchev–Trinajstić information content (AvgIpc) is 3.24. The quantitative estimate of drug-likeness (QED) is 0.821. The van der Waals surface area contributed by atoms with E-state index in [1.54, 1.807) is 4.90 Å². The van der Waals surface area contributed by atoms with E-state index in [9.17, 15) is 14.4 Å². The molecule has 2 aliphatic rings. The van der Waals surface area contributed by atoms with Gasteiger partial charge in [0.05, 0.1) is 18.0 Å². The monoisotopic (exact) mass is 391 g/mol.